The van der Waals surface area contributed by atoms with Crippen LogP contribution in [0.25, 0.3) is 0 Å². The van der Waals surface area contributed by atoms with Crippen LogP contribution in [-0.4, -0.2) is 328 Å². The van der Waals surface area contributed by atoms with E-state index < -0.39 is 224 Å². The molecule has 68 heavy (non-hydrogen) atoms. The van der Waals surface area contributed by atoms with Crippen molar-refractivity contribution >= 4 is 0 Å². The predicted octanol–water partition coefficient (Wildman–Crippen LogP) is -13.4. The molecule has 6 rings (SSSR count). The van der Waals surface area contributed by atoms with E-state index >= 15 is 0 Å². The number of aliphatic hydroxyl groups excluding tert-OH is 19. The molecule has 6 heterocycles. The first-order valence-corrected chi connectivity index (χ1v) is 21.5. The fourth-order valence-electron chi connectivity index (χ4n) is 8.37. The summed E-state index contributed by atoms with van der Waals surface area (Å²) in [6.45, 7) is -4.90. The van der Waals surface area contributed by atoms with Gasteiger partial charge in [-0.1, -0.05) is 0 Å². The highest BCUT2D eigenvalue weighted by Crippen LogP contribution is 2.34. The zero-order valence-electron chi connectivity index (χ0n) is 36.0. The smallest absolute Gasteiger partial charge is 0.187 e. The van der Waals surface area contributed by atoms with Gasteiger partial charge in [0.15, 0.2) is 37.7 Å². The van der Waals surface area contributed by atoms with Gasteiger partial charge in [0.1, 0.15) is 146 Å². The zero-order chi connectivity index (χ0) is 50.0. The summed E-state index contributed by atoms with van der Waals surface area (Å²) in [5, 5.41) is 199. The molecule has 6 saturated heterocycles. The standard InChI is InChI=1S/C37H64O31/c1-57-32-28(55)30(18(45)12(64-32)6-58-33-24(51)20(47)14(41)8(2-38)61-33)67-37-27(54)23(50)17(44)11(66-37)5-60-35-29(56)31(68-36-26(53)22(49)16(43)10(4-40)63-36)19(46)13(65-35)7-59-34-25(52)21(48)15(42)9(3-39)62-34/h8-56H,2-7H2,1H3/t8-,9-,10-,11-,12-,13-,14-,15-,16-,17-,18-,19-,20+,21+,22+,23+,24+,25+,26+,27+,28+,29+,30+,31+,32+,33+,34+,35+,36-,37-/m1/s1. The minimum absolute atomic E-state index is 0.684. The van der Waals surface area contributed by atoms with Crippen LogP contribution < -0.4 is 0 Å². The average molecular weight is 1000 g/mol. The molecule has 0 unspecified atom stereocenters. The molecule has 0 aromatic rings. The minimum Gasteiger partial charge on any atom is -0.394 e. The van der Waals surface area contributed by atoms with Crippen molar-refractivity contribution in [1.82, 2.24) is 0 Å². The van der Waals surface area contributed by atoms with Crippen molar-refractivity contribution in [3.05, 3.63) is 0 Å². The van der Waals surface area contributed by atoms with Crippen LogP contribution in [0.3, 0.4) is 0 Å². The number of ether oxygens (including phenoxy) is 12. The van der Waals surface area contributed by atoms with Crippen molar-refractivity contribution in [3.63, 3.8) is 0 Å². The van der Waals surface area contributed by atoms with Crippen LogP contribution in [0.5, 0.6) is 0 Å². The van der Waals surface area contributed by atoms with E-state index in [2.05, 4.69) is 0 Å². The third kappa shape index (κ3) is 11.7. The van der Waals surface area contributed by atoms with Crippen LogP contribution in [0, 0.1) is 0 Å². The van der Waals surface area contributed by atoms with Gasteiger partial charge in [-0.25, -0.2) is 0 Å². The third-order valence-corrected chi connectivity index (χ3v) is 12.6. The molecule has 0 aromatic carbocycles. The molecule has 398 valence electrons. The molecule has 6 fully saturated rings. The van der Waals surface area contributed by atoms with Crippen LogP contribution in [0.2, 0.25) is 0 Å². The first-order valence-electron chi connectivity index (χ1n) is 21.5. The van der Waals surface area contributed by atoms with E-state index in [1.807, 2.05) is 0 Å². The average Bonchev–Trinajstić information content (AvgIpc) is 3.33. The molecule has 6 aliphatic heterocycles. The Morgan fingerprint density at radius 3 is 0.882 bits per heavy atom. The van der Waals surface area contributed by atoms with Crippen LogP contribution >= 0.6 is 0 Å². The summed E-state index contributed by atoms with van der Waals surface area (Å²) in [6, 6.07) is 0. The maximum Gasteiger partial charge on any atom is 0.187 e. The second-order valence-corrected chi connectivity index (χ2v) is 17.1. The lowest BCUT2D eigenvalue weighted by Crippen LogP contribution is -2.66. The molecule has 0 amide bonds. The second-order valence-electron chi connectivity index (χ2n) is 17.1. The highest BCUT2D eigenvalue weighted by Gasteiger charge is 2.55. The molecule has 0 aliphatic carbocycles. The number of hydrogen-bond acceptors (Lipinski definition) is 31. The lowest BCUT2D eigenvalue weighted by atomic mass is 9.96. The van der Waals surface area contributed by atoms with Gasteiger partial charge in [-0.15, -0.1) is 0 Å². The third-order valence-electron chi connectivity index (χ3n) is 12.6. The molecular formula is C37H64O31. The number of rotatable bonds is 17. The van der Waals surface area contributed by atoms with Crippen LogP contribution in [0.1, 0.15) is 0 Å². The molecule has 30 atom stereocenters. The van der Waals surface area contributed by atoms with E-state index in [0.29, 0.717) is 0 Å². The summed E-state index contributed by atoms with van der Waals surface area (Å²) >= 11 is 0. The van der Waals surface area contributed by atoms with Crippen molar-refractivity contribution in [3.8, 4) is 0 Å². The Bertz CT molecular complexity index is 1520. The van der Waals surface area contributed by atoms with Gasteiger partial charge < -0.3 is 154 Å². The van der Waals surface area contributed by atoms with Gasteiger partial charge in [0.05, 0.1) is 39.6 Å². The van der Waals surface area contributed by atoms with Crippen molar-refractivity contribution in [2.24, 2.45) is 0 Å². The van der Waals surface area contributed by atoms with Crippen molar-refractivity contribution in [2.45, 2.75) is 184 Å². The van der Waals surface area contributed by atoms with Gasteiger partial charge in [0, 0.05) is 7.11 Å². The summed E-state index contributed by atoms with van der Waals surface area (Å²) in [6.07, 6.45) is -55.0. The molecule has 0 spiro atoms. The Balaban J connectivity index is 1.15. The lowest BCUT2D eigenvalue weighted by molar-refractivity contribution is -0.377. The van der Waals surface area contributed by atoms with E-state index in [9.17, 15) is 97.0 Å². The van der Waals surface area contributed by atoms with Crippen LogP contribution in [0.4, 0.5) is 0 Å². The molecular weight excluding hydrogens is 940 g/mol. The SMILES string of the molecule is CO[C@H]1O[C@H](CO[C@H]2O[C@H](CO)[C@@H](O)[C@H](O)[C@@H]2O)[C@@H](O)[C@H](O[C@H]2O[C@H](CO[C@H]3O[C@H](CO[C@H]4O[C@H](CO)[C@@H](O)[C@H](O)[C@@H]4O)[C@@H](O)[C@H](O[C@H]4O[C@H](CO)[C@@H](O)[C@H](O)[C@@H]4O)[C@@H]3O)[C@@H](O)[C@H](O)[C@@H]2O)[C@@H]1O. The van der Waals surface area contributed by atoms with Crippen molar-refractivity contribution in [1.29, 1.82) is 0 Å². The number of hydrogen-bond donors (Lipinski definition) is 19. The second kappa shape index (κ2) is 24.2. The first-order chi connectivity index (χ1) is 32.2. The Labute approximate surface area is 384 Å². The predicted molar refractivity (Wildman–Crippen MR) is 204 cm³/mol. The molecule has 0 bridgehead atoms. The molecule has 0 aromatic heterocycles. The molecule has 19 N–H and O–H groups in total. The largest absolute Gasteiger partial charge is 0.394 e. The Hall–Kier alpha value is -1.24. The maximum absolute atomic E-state index is 11.5. The Morgan fingerprint density at radius 2 is 0.529 bits per heavy atom. The highest BCUT2D eigenvalue weighted by molar-refractivity contribution is 4.98. The number of methoxy groups -OCH3 is 1. The quantitative estimate of drug-likeness (QED) is 0.0643. The normalized spacial score (nSPS) is 52.8. The van der Waals surface area contributed by atoms with Crippen LogP contribution in [-0.2, 0) is 56.8 Å². The van der Waals surface area contributed by atoms with Gasteiger partial charge in [0.25, 0.3) is 0 Å². The van der Waals surface area contributed by atoms with E-state index in [1.54, 1.807) is 0 Å². The number of aliphatic hydroxyl groups is 19. The summed E-state index contributed by atoms with van der Waals surface area (Å²) in [4.78, 5) is 0. The Kier molecular flexibility index (Phi) is 19.9. The maximum atomic E-state index is 11.5. The fourth-order valence-corrected chi connectivity index (χ4v) is 8.37. The fraction of sp³-hybridized carbons (Fsp3) is 1.00. The lowest BCUT2D eigenvalue weighted by Gasteiger charge is -2.47. The first kappa shape index (κ1) is 56.1. The molecule has 31 heteroatoms. The molecule has 6 aliphatic rings. The topological polar surface area (TPSA) is 495 Å². The van der Waals surface area contributed by atoms with E-state index in [0.717, 1.165) is 7.11 Å². The zero-order valence-corrected chi connectivity index (χ0v) is 36.0. The van der Waals surface area contributed by atoms with E-state index in [-0.39, 0.29) is 0 Å². The van der Waals surface area contributed by atoms with E-state index in [1.165, 1.54) is 0 Å². The monoisotopic (exact) mass is 1000 g/mol. The summed E-state index contributed by atoms with van der Waals surface area (Å²) in [7, 11) is 1.10. The molecule has 0 saturated carbocycles. The van der Waals surface area contributed by atoms with Crippen molar-refractivity contribution in [2.75, 3.05) is 46.8 Å². The van der Waals surface area contributed by atoms with Gasteiger partial charge in [-0.05, 0) is 0 Å². The summed E-state index contributed by atoms with van der Waals surface area (Å²) in [5.74, 6) is 0. The van der Waals surface area contributed by atoms with Gasteiger partial charge in [-0.3, -0.25) is 0 Å². The van der Waals surface area contributed by atoms with Gasteiger partial charge >= 0.3 is 0 Å². The van der Waals surface area contributed by atoms with E-state index in [4.69, 9.17) is 56.8 Å². The van der Waals surface area contributed by atoms with Crippen LogP contribution in [0.15, 0.2) is 0 Å². The Morgan fingerprint density at radius 1 is 0.279 bits per heavy atom. The summed E-state index contributed by atoms with van der Waals surface area (Å²) < 4.78 is 66.3. The van der Waals surface area contributed by atoms with Gasteiger partial charge in [-0.2, -0.15) is 0 Å². The van der Waals surface area contributed by atoms with Gasteiger partial charge in [0.2, 0.25) is 0 Å². The highest BCUT2D eigenvalue weighted by atomic mass is 16.8. The molecule has 31 nitrogen and oxygen atoms in total. The van der Waals surface area contributed by atoms with Crippen molar-refractivity contribution < 1.29 is 154 Å². The summed E-state index contributed by atoms with van der Waals surface area (Å²) in [5.41, 5.74) is 0. The molecule has 0 radical (unpaired) electrons. The minimum atomic E-state index is -2.12.